The third kappa shape index (κ3) is 2.14. The van der Waals surface area contributed by atoms with Gasteiger partial charge in [-0.3, -0.25) is 14.0 Å². The van der Waals surface area contributed by atoms with E-state index in [9.17, 15) is 9.59 Å². The van der Waals surface area contributed by atoms with Gasteiger partial charge >= 0.3 is 0 Å². The summed E-state index contributed by atoms with van der Waals surface area (Å²) in [7, 11) is 0. The standard InChI is InChI=1S/C14H15N5O2/c20-12-9-17(6-7-19(12)10-2-3-10)13(21)11-8-18-5-1-4-15-14(18)16-11/h1,4-5,8,10H,2-3,6-7,9H2. The van der Waals surface area contributed by atoms with Crippen molar-refractivity contribution in [2.24, 2.45) is 0 Å². The van der Waals surface area contributed by atoms with Crippen LogP contribution in [0.1, 0.15) is 23.3 Å². The molecule has 3 heterocycles. The zero-order chi connectivity index (χ0) is 14.4. The lowest BCUT2D eigenvalue weighted by atomic mass is 10.2. The Morgan fingerprint density at radius 2 is 2.14 bits per heavy atom. The third-order valence-electron chi connectivity index (χ3n) is 3.99. The average molecular weight is 285 g/mol. The minimum absolute atomic E-state index is 0.0407. The van der Waals surface area contributed by atoms with Crippen LogP contribution in [0.2, 0.25) is 0 Å². The van der Waals surface area contributed by atoms with Crippen molar-refractivity contribution in [1.29, 1.82) is 0 Å². The number of hydrogen-bond donors (Lipinski definition) is 0. The maximum atomic E-state index is 12.5. The number of hydrogen-bond acceptors (Lipinski definition) is 4. The summed E-state index contributed by atoms with van der Waals surface area (Å²) in [6.07, 6.45) is 7.27. The number of carbonyl (C=O) groups is 2. The maximum Gasteiger partial charge on any atom is 0.274 e. The van der Waals surface area contributed by atoms with E-state index in [0.29, 0.717) is 30.6 Å². The van der Waals surface area contributed by atoms with Crippen LogP contribution in [0, 0.1) is 0 Å². The highest BCUT2D eigenvalue weighted by atomic mass is 16.2. The van der Waals surface area contributed by atoms with Crippen molar-refractivity contribution in [3.8, 4) is 0 Å². The summed E-state index contributed by atoms with van der Waals surface area (Å²) < 4.78 is 1.70. The number of piperazine rings is 1. The molecule has 1 aliphatic heterocycles. The van der Waals surface area contributed by atoms with E-state index >= 15 is 0 Å². The van der Waals surface area contributed by atoms with E-state index in [2.05, 4.69) is 9.97 Å². The van der Waals surface area contributed by atoms with Crippen LogP contribution < -0.4 is 0 Å². The Balaban J connectivity index is 1.53. The first kappa shape index (κ1) is 12.3. The summed E-state index contributed by atoms with van der Waals surface area (Å²) in [4.78, 5) is 36.3. The molecule has 2 aliphatic rings. The van der Waals surface area contributed by atoms with Gasteiger partial charge < -0.3 is 9.80 Å². The lowest BCUT2D eigenvalue weighted by molar-refractivity contribution is -0.135. The molecule has 1 saturated heterocycles. The fourth-order valence-electron chi connectivity index (χ4n) is 2.73. The summed E-state index contributed by atoms with van der Waals surface area (Å²) in [5.74, 6) is 0.326. The normalized spacial score (nSPS) is 19.3. The second-order valence-corrected chi connectivity index (χ2v) is 5.50. The summed E-state index contributed by atoms with van der Waals surface area (Å²) >= 11 is 0. The number of rotatable bonds is 2. The molecule has 0 spiro atoms. The third-order valence-corrected chi connectivity index (χ3v) is 3.99. The molecule has 108 valence electrons. The fraction of sp³-hybridized carbons (Fsp3) is 0.429. The van der Waals surface area contributed by atoms with Crippen molar-refractivity contribution >= 4 is 17.6 Å². The lowest BCUT2D eigenvalue weighted by Crippen LogP contribution is -2.52. The first-order valence-electron chi connectivity index (χ1n) is 7.11. The molecule has 4 rings (SSSR count). The van der Waals surface area contributed by atoms with Gasteiger partial charge in [0.1, 0.15) is 12.2 Å². The van der Waals surface area contributed by atoms with Gasteiger partial charge in [-0.25, -0.2) is 9.97 Å². The zero-order valence-electron chi connectivity index (χ0n) is 11.5. The van der Waals surface area contributed by atoms with Crippen molar-refractivity contribution in [3.05, 3.63) is 30.4 Å². The van der Waals surface area contributed by atoms with E-state index in [4.69, 9.17) is 0 Å². The number of fused-ring (bicyclic) bond motifs is 1. The second-order valence-electron chi connectivity index (χ2n) is 5.50. The van der Waals surface area contributed by atoms with Crippen LogP contribution in [-0.2, 0) is 4.79 Å². The summed E-state index contributed by atoms with van der Waals surface area (Å²) in [5.41, 5.74) is 0.335. The highest BCUT2D eigenvalue weighted by molar-refractivity contribution is 5.96. The highest BCUT2D eigenvalue weighted by Crippen LogP contribution is 2.28. The number of carbonyl (C=O) groups excluding carboxylic acids is 2. The Bertz CT molecular complexity index is 688. The van der Waals surface area contributed by atoms with Gasteiger partial charge in [-0.1, -0.05) is 0 Å². The molecule has 0 unspecified atom stereocenters. The molecule has 1 aliphatic carbocycles. The Kier molecular flexibility index (Phi) is 2.66. The minimum atomic E-state index is -0.204. The van der Waals surface area contributed by atoms with Gasteiger partial charge in [0.15, 0.2) is 0 Å². The lowest BCUT2D eigenvalue weighted by Gasteiger charge is -2.34. The quantitative estimate of drug-likeness (QED) is 0.789. The minimum Gasteiger partial charge on any atom is -0.336 e. The molecule has 2 amide bonds. The van der Waals surface area contributed by atoms with E-state index in [1.807, 2.05) is 4.90 Å². The SMILES string of the molecule is O=C(c1cn2cccnc2n1)N1CCN(C2CC2)C(=O)C1. The molecule has 2 aromatic rings. The Labute approximate surface area is 121 Å². The summed E-state index contributed by atoms with van der Waals surface area (Å²) in [6, 6.07) is 2.19. The summed E-state index contributed by atoms with van der Waals surface area (Å²) in [5, 5.41) is 0. The van der Waals surface area contributed by atoms with Gasteiger partial charge in [-0.05, 0) is 18.9 Å². The van der Waals surface area contributed by atoms with Crippen molar-refractivity contribution in [2.75, 3.05) is 19.6 Å². The number of amides is 2. The van der Waals surface area contributed by atoms with E-state index < -0.39 is 0 Å². The topological polar surface area (TPSA) is 70.8 Å². The van der Waals surface area contributed by atoms with Gasteiger partial charge in [0, 0.05) is 37.7 Å². The number of imidazole rings is 1. The molecule has 7 nitrogen and oxygen atoms in total. The van der Waals surface area contributed by atoms with E-state index in [-0.39, 0.29) is 18.4 Å². The van der Waals surface area contributed by atoms with Crippen molar-refractivity contribution in [1.82, 2.24) is 24.2 Å². The van der Waals surface area contributed by atoms with Crippen LogP contribution in [-0.4, -0.2) is 61.7 Å². The molecule has 0 atom stereocenters. The molecule has 2 aromatic heterocycles. The monoisotopic (exact) mass is 285 g/mol. The van der Waals surface area contributed by atoms with Crippen LogP contribution in [0.5, 0.6) is 0 Å². The smallest absolute Gasteiger partial charge is 0.274 e. The first-order valence-corrected chi connectivity index (χ1v) is 7.11. The summed E-state index contributed by atoms with van der Waals surface area (Å²) in [6.45, 7) is 1.35. The molecular weight excluding hydrogens is 270 g/mol. The first-order chi connectivity index (χ1) is 10.2. The van der Waals surface area contributed by atoms with E-state index in [0.717, 1.165) is 12.8 Å². The second kappa shape index (κ2) is 4.54. The van der Waals surface area contributed by atoms with Crippen LogP contribution in [0.4, 0.5) is 0 Å². The van der Waals surface area contributed by atoms with Gasteiger partial charge in [-0.15, -0.1) is 0 Å². The maximum absolute atomic E-state index is 12.5. The fourth-order valence-corrected chi connectivity index (χ4v) is 2.73. The van der Waals surface area contributed by atoms with Crippen LogP contribution in [0.15, 0.2) is 24.7 Å². The number of nitrogens with zero attached hydrogens (tertiary/aromatic N) is 5. The van der Waals surface area contributed by atoms with Crippen molar-refractivity contribution in [2.45, 2.75) is 18.9 Å². The van der Waals surface area contributed by atoms with Crippen molar-refractivity contribution < 1.29 is 9.59 Å². The van der Waals surface area contributed by atoms with Crippen molar-refractivity contribution in [3.63, 3.8) is 0 Å². The van der Waals surface area contributed by atoms with Gasteiger partial charge in [0.05, 0.1) is 0 Å². The predicted octanol–water partition coefficient (Wildman–Crippen LogP) is 0.176. The Morgan fingerprint density at radius 1 is 1.29 bits per heavy atom. The Hall–Kier alpha value is -2.44. The Morgan fingerprint density at radius 3 is 2.86 bits per heavy atom. The van der Waals surface area contributed by atoms with E-state index in [1.165, 1.54) is 0 Å². The molecule has 2 fully saturated rings. The zero-order valence-corrected chi connectivity index (χ0v) is 11.5. The van der Waals surface area contributed by atoms with E-state index in [1.54, 1.807) is 34.0 Å². The van der Waals surface area contributed by atoms with Gasteiger partial charge in [0.25, 0.3) is 5.91 Å². The molecule has 0 aromatic carbocycles. The van der Waals surface area contributed by atoms with Crippen LogP contribution in [0.3, 0.4) is 0 Å². The molecule has 1 saturated carbocycles. The largest absolute Gasteiger partial charge is 0.336 e. The van der Waals surface area contributed by atoms with Crippen LogP contribution >= 0.6 is 0 Å². The molecule has 21 heavy (non-hydrogen) atoms. The van der Waals surface area contributed by atoms with Crippen LogP contribution in [0.25, 0.3) is 5.78 Å². The number of aromatic nitrogens is 3. The molecule has 7 heteroatoms. The molecule has 0 radical (unpaired) electrons. The molecular formula is C14H15N5O2. The van der Waals surface area contributed by atoms with Gasteiger partial charge in [-0.2, -0.15) is 0 Å². The molecule has 0 N–H and O–H groups in total. The molecule has 0 bridgehead atoms. The van der Waals surface area contributed by atoms with Gasteiger partial charge in [0.2, 0.25) is 11.7 Å². The highest BCUT2D eigenvalue weighted by Gasteiger charge is 2.37. The predicted molar refractivity (Wildman–Crippen MR) is 73.6 cm³/mol. The average Bonchev–Trinajstić information content (AvgIpc) is 3.24.